The van der Waals surface area contributed by atoms with Gasteiger partial charge in [-0.05, 0) is 36.4 Å². The summed E-state index contributed by atoms with van der Waals surface area (Å²) in [7, 11) is 0. The molecule has 2 amide bonds. The van der Waals surface area contributed by atoms with E-state index in [0.717, 1.165) is 19.4 Å². The number of urea groups is 1. The van der Waals surface area contributed by atoms with Crippen molar-refractivity contribution in [2.75, 3.05) is 11.4 Å². The molecule has 3 rings (SSSR count). The van der Waals surface area contributed by atoms with E-state index in [4.69, 9.17) is 11.6 Å². The van der Waals surface area contributed by atoms with Gasteiger partial charge in [-0.25, -0.2) is 14.8 Å². The Morgan fingerprint density at radius 1 is 1.42 bits per heavy atom. The Bertz CT molecular complexity index is 503. The maximum atomic E-state index is 12.6. The van der Waals surface area contributed by atoms with Gasteiger partial charge in [-0.2, -0.15) is 0 Å². The Morgan fingerprint density at radius 2 is 2.16 bits per heavy atom. The molecule has 2 fully saturated rings. The van der Waals surface area contributed by atoms with Crippen molar-refractivity contribution in [3.63, 3.8) is 0 Å². The van der Waals surface area contributed by atoms with Crippen molar-refractivity contribution in [1.29, 1.82) is 0 Å². The summed E-state index contributed by atoms with van der Waals surface area (Å²) in [4.78, 5) is 24.4. The van der Waals surface area contributed by atoms with Crippen LogP contribution in [0.5, 0.6) is 0 Å². The van der Waals surface area contributed by atoms with Crippen molar-refractivity contribution in [3.8, 4) is 0 Å². The van der Waals surface area contributed by atoms with Crippen LogP contribution in [0.1, 0.15) is 26.7 Å². The fraction of sp³-hybridized carbons (Fsp3) is 0.615. The highest BCUT2D eigenvalue weighted by molar-refractivity contribution is 6.28. The monoisotopic (exact) mass is 280 g/mol. The minimum absolute atomic E-state index is 0.0518. The summed E-state index contributed by atoms with van der Waals surface area (Å²) in [6, 6.07) is 2.38. The van der Waals surface area contributed by atoms with Crippen molar-refractivity contribution < 1.29 is 4.79 Å². The average Bonchev–Trinajstić information content (AvgIpc) is 3.13. The van der Waals surface area contributed by atoms with Gasteiger partial charge in [0, 0.05) is 18.8 Å². The normalized spacial score (nSPS) is 23.6. The van der Waals surface area contributed by atoms with E-state index in [1.54, 1.807) is 17.2 Å². The number of amides is 2. The third-order valence-electron chi connectivity index (χ3n) is 3.78. The third-order valence-corrected chi connectivity index (χ3v) is 3.96. The lowest BCUT2D eigenvalue weighted by Crippen LogP contribution is -2.38. The standard InChI is InChI=1S/C13H17ClN4O/c1-8(2)10-7-17(9-3-4-9)13(19)18(10)11-5-6-15-12(14)16-11/h5-6,8-10H,3-4,7H2,1-2H3/t10-/m1/s1. The van der Waals surface area contributed by atoms with Crippen LogP contribution in [0.3, 0.4) is 0 Å². The number of carbonyl (C=O) groups is 1. The summed E-state index contributed by atoms with van der Waals surface area (Å²) in [5, 5.41) is 0.178. The first kappa shape index (κ1) is 12.7. The van der Waals surface area contributed by atoms with Crippen LogP contribution >= 0.6 is 11.6 Å². The van der Waals surface area contributed by atoms with Gasteiger partial charge in [-0.3, -0.25) is 4.90 Å². The van der Waals surface area contributed by atoms with Crippen molar-refractivity contribution in [1.82, 2.24) is 14.9 Å². The quantitative estimate of drug-likeness (QED) is 0.800. The van der Waals surface area contributed by atoms with E-state index in [2.05, 4.69) is 23.8 Å². The number of carbonyl (C=O) groups excluding carboxylic acids is 1. The van der Waals surface area contributed by atoms with Gasteiger partial charge in [0.2, 0.25) is 5.28 Å². The molecule has 1 aliphatic heterocycles. The molecule has 102 valence electrons. The molecule has 0 unspecified atom stereocenters. The smallest absolute Gasteiger partial charge is 0.319 e. The van der Waals surface area contributed by atoms with Crippen LogP contribution in [0.4, 0.5) is 10.6 Å². The maximum Gasteiger partial charge on any atom is 0.326 e. The van der Waals surface area contributed by atoms with Crippen molar-refractivity contribution in [3.05, 3.63) is 17.5 Å². The first-order valence-corrected chi connectivity index (χ1v) is 7.04. The molecule has 5 nitrogen and oxygen atoms in total. The largest absolute Gasteiger partial charge is 0.326 e. The third kappa shape index (κ3) is 2.27. The number of hydrogen-bond acceptors (Lipinski definition) is 3. The average molecular weight is 281 g/mol. The molecule has 1 aliphatic carbocycles. The topological polar surface area (TPSA) is 49.3 Å². The predicted octanol–water partition coefficient (Wildman–Crippen LogP) is 2.56. The lowest BCUT2D eigenvalue weighted by Gasteiger charge is -2.24. The Balaban J connectivity index is 1.94. The molecule has 2 heterocycles. The van der Waals surface area contributed by atoms with Crippen LogP contribution in [0.25, 0.3) is 0 Å². The number of aromatic nitrogens is 2. The molecule has 1 aromatic rings. The molecular weight excluding hydrogens is 264 g/mol. The highest BCUT2D eigenvalue weighted by Crippen LogP contribution is 2.35. The fourth-order valence-corrected chi connectivity index (χ4v) is 2.71. The number of hydrogen-bond donors (Lipinski definition) is 0. The fourth-order valence-electron chi connectivity index (χ4n) is 2.57. The molecular formula is C13H17ClN4O. The predicted molar refractivity (Wildman–Crippen MR) is 73.3 cm³/mol. The lowest BCUT2D eigenvalue weighted by molar-refractivity contribution is 0.218. The number of halogens is 1. The Hall–Kier alpha value is -1.36. The van der Waals surface area contributed by atoms with Crippen molar-refractivity contribution in [2.24, 2.45) is 5.92 Å². The summed E-state index contributed by atoms with van der Waals surface area (Å²) in [6.07, 6.45) is 3.83. The minimum atomic E-state index is 0.0518. The van der Waals surface area contributed by atoms with Gasteiger partial charge in [0.15, 0.2) is 0 Å². The van der Waals surface area contributed by atoms with Crippen LogP contribution in [0.15, 0.2) is 12.3 Å². The van der Waals surface area contributed by atoms with E-state index in [1.807, 2.05) is 4.90 Å². The zero-order chi connectivity index (χ0) is 13.6. The second-order valence-corrected chi connectivity index (χ2v) is 5.87. The lowest BCUT2D eigenvalue weighted by atomic mass is 10.0. The molecule has 1 saturated carbocycles. The molecule has 0 radical (unpaired) electrons. The van der Waals surface area contributed by atoms with Crippen molar-refractivity contribution >= 4 is 23.4 Å². The molecule has 0 aromatic carbocycles. The SMILES string of the molecule is CC(C)[C@H]1CN(C2CC2)C(=O)N1c1ccnc(Cl)n1. The molecule has 19 heavy (non-hydrogen) atoms. The van der Waals surface area contributed by atoms with Crippen molar-refractivity contribution in [2.45, 2.75) is 38.8 Å². The molecule has 1 atom stereocenters. The number of anilines is 1. The van der Waals surface area contributed by atoms with Gasteiger partial charge in [-0.1, -0.05) is 13.8 Å². The minimum Gasteiger partial charge on any atom is -0.319 e. The van der Waals surface area contributed by atoms with E-state index in [9.17, 15) is 4.79 Å². The first-order chi connectivity index (χ1) is 9.08. The summed E-state index contributed by atoms with van der Waals surface area (Å²) in [5.41, 5.74) is 0. The van der Waals surface area contributed by atoms with E-state index in [0.29, 0.717) is 17.8 Å². The molecule has 1 aromatic heterocycles. The summed E-state index contributed by atoms with van der Waals surface area (Å²) < 4.78 is 0. The Kier molecular flexibility index (Phi) is 3.09. The molecule has 2 aliphatic rings. The zero-order valence-corrected chi connectivity index (χ0v) is 11.8. The number of nitrogens with zero attached hydrogens (tertiary/aromatic N) is 4. The summed E-state index contributed by atoms with van der Waals surface area (Å²) in [5.74, 6) is 0.980. The van der Waals surface area contributed by atoms with Crippen LogP contribution < -0.4 is 4.90 Å². The Morgan fingerprint density at radius 3 is 2.74 bits per heavy atom. The van der Waals surface area contributed by atoms with Gasteiger partial charge >= 0.3 is 6.03 Å². The van der Waals surface area contributed by atoms with Gasteiger partial charge in [0.1, 0.15) is 5.82 Å². The van der Waals surface area contributed by atoms with E-state index < -0.39 is 0 Å². The highest BCUT2D eigenvalue weighted by atomic mass is 35.5. The van der Waals surface area contributed by atoms with Gasteiger partial charge in [-0.15, -0.1) is 0 Å². The second-order valence-electron chi connectivity index (χ2n) is 5.53. The van der Waals surface area contributed by atoms with Crippen LogP contribution in [-0.2, 0) is 0 Å². The summed E-state index contributed by atoms with van der Waals surface area (Å²) >= 11 is 5.84. The highest BCUT2D eigenvalue weighted by Gasteiger charge is 2.46. The number of rotatable bonds is 3. The molecule has 1 saturated heterocycles. The van der Waals surface area contributed by atoms with E-state index in [-0.39, 0.29) is 17.4 Å². The van der Waals surface area contributed by atoms with Gasteiger partial charge < -0.3 is 4.90 Å². The second kappa shape index (κ2) is 4.63. The Labute approximate surface area is 117 Å². The van der Waals surface area contributed by atoms with Crippen LogP contribution in [-0.4, -0.2) is 39.5 Å². The summed E-state index contributed by atoms with van der Waals surface area (Å²) in [6.45, 7) is 5.04. The molecule has 0 spiro atoms. The van der Waals surface area contributed by atoms with Crippen LogP contribution in [0.2, 0.25) is 5.28 Å². The molecule has 0 N–H and O–H groups in total. The molecule has 0 bridgehead atoms. The van der Waals surface area contributed by atoms with Crippen LogP contribution in [0, 0.1) is 5.92 Å². The first-order valence-electron chi connectivity index (χ1n) is 6.66. The zero-order valence-electron chi connectivity index (χ0n) is 11.1. The molecule has 6 heteroatoms. The maximum absolute atomic E-state index is 12.6. The van der Waals surface area contributed by atoms with E-state index in [1.165, 1.54) is 0 Å². The van der Waals surface area contributed by atoms with E-state index >= 15 is 0 Å². The van der Waals surface area contributed by atoms with Gasteiger partial charge in [0.25, 0.3) is 0 Å². The van der Waals surface area contributed by atoms with Gasteiger partial charge in [0.05, 0.1) is 6.04 Å².